The lowest BCUT2D eigenvalue weighted by atomic mass is 10.0. The van der Waals surface area contributed by atoms with Crippen molar-refractivity contribution in [2.24, 2.45) is 0 Å². The molecule has 2 nitrogen and oxygen atoms in total. The van der Waals surface area contributed by atoms with Gasteiger partial charge in [0.05, 0.1) is 12.2 Å². The molecule has 0 aliphatic rings. The first-order valence-corrected chi connectivity index (χ1v) is 7.62. The van der Waals surface area contributed by atoms with Gasteiger partial charge in [0.15, 0.2) is 0 Å². The third-order valence-corrected chi connectivity index (χ3v) is 3.14. The van der Waals surface area contributed by atoms with Crippen molar-refractivity contribution in [2.75, 3.05) is 12.4 Å². The Balaban J connectivity index is 4.24. The minimum atomic E-state index is -0.224. The molecule has 0 amide bonds. The van der Waals surface area contributed by atoms with Crippen LogP contribution in [0.4, 0.5) is 0 Å². The maximum absolute atomic E-state index is 5.98. The van der Waals surface area contributed by atoms with Crippen molar-refractivity contribution in [3.8, 4) is 0 Å². The highest BCUT2D eigenvalue weighted by Gasteiger charge is 2.23. The molecule has 19 heavy (non-hydrogen) atoms. The summed E-state index contributed by atoms with van der Waals surface area (Å²) < 4.78 is 11.9. The molecule has 0 rings (SSSR count). The number of hydrogen-bond donors (Lipinski definition) is 1. The van der Waals surface area contributed by atoms with Gasteiger partial charge in [-0.1, -0.05) is 6.08 Å². The Hall–Kier alpha value is -0.410. The van der Waals surface area contributed by atoms with E-state index in [0.29, 0.717) is 6.61 Å². The van der Waals surface area contributed by atoms with Crippen molar-refractivity contribution in [3.63, 3.8) is 0 Å². The summed E-state index contributed by atoms with van der Waals surface area (Å²) in [5.41, 5.74) is -0.330. The first kappa shape index (κ1) is 18.6. The summed E-state index contributed by atoms with van der Waals surface area (Å²) in [6.07, 6.45) is 7.76. The van der Waals surface area contributed by atoms with Gasteiger partial charge in [0.1, 0.15) is 11.4 Å². The van der Waals surface area contributed by atoms with Crippen molar-refractivity contribution in [1.29, 1.82) is 0 Å². The smallest absolute Gasteiger partial charge is 0.115 e. The molecule has 0 N–H and O–H groups in total. The molecule has 3 heteroatoms. The van der Waals surface area contributed by atoms with Gasteiger partial charge in [0.25, 0.3) is 0 Å². The highest BCUT2D eigenvalue weighted by molar-refractivity contribution is 7.80. The summed E-state index contributed by atoms with van der Waals surface area (Å²) in [5.74, 6) is 1.75. The van der Waals surface area contributed by atoms with E-state index >= 15 is 0 Å². The first-order chi connectivity index (χ1) is 8.76. The molecular formula is C16H30O2S. The summed E-state index contributed by atoms with van der Waals surface area (Å²) >= 11 is 4.25. The molecule has 0 radical (unpaired) electrons. The van der Waals surface area contributed by atoms with Crippen LogP contribution in [0.15, 0.2) is 24.0 Å². The molecule has 0 aromatic rings. The predicted molar refractivity (Wildman–Crippen MR) is 86.9 cm³/mol. The third-order valence-electron chi connectivity index (χ3n) is 2.92. The lowest BCUT2D eigenvalue weighted by molar-refractivity contribution is -0.0534. The van der Waals surface area contributed by atoms with Crippen LogP contribution in [0, 0.1) is 0 Å². The average molecular weight is 286 g/mol. The Morgan fingerprint density at radius 3 is 2.16 bits per heavy atom. The zero-order valence-electron chi connectivity index (χ0n) is 13.3. The monoisotopic (exact) mass is 286 g/mol. The molecule has 0 fully saturated rings. The molecular weight excluding hydrogens is 256 g/mol. The van der Waals surface area contributed by atoms with Crippen molar-refractivity contribution >= 4 is 12.6 Å². The summed E-state index contributed by atoms with van der Waals surface area (Å²) in [6, 6.07) is 0. The van der Waals surface area contributed by atoms with Crippen LogP contribution in [0.25, 0.3) is 0 Å². The standard InChI is InChI=1S/C16H30O2S/c1-7-9-14(8-2)18-16(5,6)10-12-17-15(3,4)11-13-19/h7-9,19H,10-13H2,1-6H3/b9-7-,14-8+. The van der Waals surface area contributed by atoms with Gasteiger partial charge in [0, 0.05) is 6.42 Å². The Labute approximate surface area is 124 Å². The molecule has 0 saturated carbocycles. The summed E-state index contributed by atoms with van der Waals surface area (Å²) in [6.45, 7) is 13.1. The third kappa shape index (κ3) is 9.17. The number of thiol groups is 1. The number of hydrogen-bond acceptors (Lipinski definition) is 3. The van der Waals surface area contributed by atoms with Crippen molar-refractivity contribution in [3.05, 3.63) is 24.0 Å². The quantitative estimate of drug-likeness (QED) is 0.374. The normalized spacial score (nSPS) is 14.2. The molecule has 0 aliphatic heterocycles. The lowest BCUT2D eigenvalue weighted by Gasteiger charge is -2.30. The van der Waals surface area contributed by atoms with E-state index in [1.807, 2.05) is 32.1 Å². The molecule has 0 bridgehead atoms. The second-order valence-electron chi connectivity index (χ2n) is 5.88. The molecule has 0 aromatic carbocycles. The van der Waals surface area contributed by atoms with E-state index < -0.39 is 0 Å². The fraction of sp³-hybridized carbons (Fsp3) is 0.750. The van der Waals surface area contributed by atoms with Gasteiger partial charge in [-0.15, -0.1) is 0 Å². The van der Waals surface area contributed by atoms with Gasteiger partial charge < -0.3 is 9.47 Å². The van der Waals surface area contributed by atoms with Gasteiger partial charge in [0.2, 0.25) is 0 Å². The van der Waals surface area contributed by atoms with E-state index in [9.17, 15) is 0 Å². The Bertz CT molecular complexity index is 304. The van der Waals surface area contributed by atoms with Crippen LogP contribution in [0.1, 0.15) is 54.4 Å². The van der Waals surface area contributed by atoms with Gasteiger partial charge in [-0.2, -0.15) is 12.6 Å². The maximum atomic E-state index is 5.98. The predicted octanol–water partition coefficient (Wildman–Crippen LogP) is 4.77. The van der Waals surface area contributed by atoms with Crippen LogP contribution in [-0.4, -0.2) is 23.6 Å². The Morgan fingerprint density at radius 2 is 1.68 bits per heavy atom. The van der Waals surface area contributed by atoms with Gasteiger partial charge >= 0.3 is 0 Å². The highest BCUT2D eigenvalue weighted by Crippen LogP contribution is 2.22. The van der Waals surface area contributed by atoms with E-state index in [-0.39, 0.29) is 11.2 Å². The SMILES string of the molecule is C/C=C\C(=C/C)OC(C)(C)CCOC(C)(C)CCS. The van der Waals surface area contributed by atoms with E-state index in [4.69, 9.17) is 9.47 Å². The Kier molecular flexibility index (Phi) is 8.51. The zero-order chi connectivity index (χ0) is 14.9. The van der Waals surface area contributed by atoms with E-state index in [1.165, 1.54) is 0 Å². The van der Waals surface area contributed by atoms with Crippen LogP contribution in [0.2, 0.25) is 0 Å². The van der Waals surface area contributed by atoms with Crippen molar-refractivity contribution in [1.82, 2.24) is 0 Å². The van der Waals surface area contributed by atoms with Crippen LogP contribution in [0.5, 0.6) is 0 Å². The summed E-state index contributed by atoms with van der Waals surface area (Å²) in [7, 11) is 0. The topological polar surface area (TPSA) is 18.5 Å². The molecule has 0 aromatic heterocycles. The van der Waals surface area contributed by atoms with Crippen molar-refractivity contribution in [2.45, 2.75) is 65.6 Å². The molecule has 112 valence electrons. The minimum absolute atomic E-state index is 0.107. The maximum Gasteiger partial charge on any atom is 0.115 e. The molecule has 0 spiro atoms. The van der Waals surface area contributed by atoms with E-state index in [2.05, 4.69) is 40.3 Å². The molecule has 0 unspecified atom stereocenters. The van der Waals surface area contributed by atoms with Gasteiger partial charge in [-0.05, 0) is 65.9 Å². The average Bonchev–Trinajstić information content (AvgIpc) is 2.27. The summed E-state index contributed by atoms with van der Waals surface area (Å²) in [4.78, 5) is 0. The highest BCUT2D eigenvalue weighted by atomic mass is 32.1. The van der Waals surface area contributed by atoms with E-state index in [1.54, 1.807) is 0 Å². The van der Waals surface area contributed by atoms with Gasteiger partial charge in [-0.25, -0.2) is 0 Å². The molecule has 0 saturated heterocycles. The van der Waals surface area contributed by atoms with Crippen LogP contribution in [0.3, 0.4) is 0 Å². The van der Waals surface area contributed by atoms with E-state index in [0.717, 1.165) is 24.4 Å². The molecule has 0 heterocycles. The molecule has 0 atom stereocenters. The number of allylic oxidation sites excluding steroid dienone is 3. The second-order valence-corrected chi connectivity index (χ2v) is 6.33. The number of ether oxygens (including phenoxy) is 2. The van der Waals surface area contributed by atoms with Gasteiger partial charge in [-0.3, -0.25) is 0 Å². The first-order valence-electron chi connectivity index (χ1n) is 6.99. The molecule has 0 aliphatic carbocycles. The van der Waals surface area contributed by atoms with Crippen LogP contribution < -0.4 is 0 Å². The van der Waals surface area contributed by atoms with Crippen molar-refractivity contribution < 1.29 is 9.47 Å². The Morgan fingerprint density at radius 1 is 1.05 bits per heavy atom. The largest absolute Gasteiger partial charge is 0.488 e. The second kappa shape index (κ2) is 8.70. The lowest BCUT2D eigenvalue weighted by Crippen LogP contribution is -2.30. The minimum Gasteiger partial charge on any atom is -0.488 e. The fourth-order valence-electron chi connectivity index (χ4n) is 1.64. The zero-order valence-corrected chi connectivity index (χ0v) is 14.2. The number of rotatable bonds is 9. The fourth-order valence-corrected chi connectivity index (χ4v) is 2.18. The van der Waals surface area contributed by atoms with Crippen LogP contribution in [-0.2, 0) is 9.47 Å². The summed E-state index contributed by atoms with van der Waals surface area (Å²) in [5, 5.41) is 0. The van der Waals surface area contributed by atoms with Crippen LogP contribution >= 0.6 is 12.6 Å².